The van der Waals surface area contributed by atoms with Crippen molar-refractivity contribution in [3.05, 3.63) is 17.6 Å². The molecule has 0 unspecified atom stereocenters. The summed E-state index contributed by atoms with van der Waals surface area (Å²) in [6.07, 6.45) is 1.29. The summed E-state index contributed by atoms with van der Waals surface area (Å²) in [5.74, 6) is 0.406. The van der Waals surface area contributed by atoms with Crippen molar-refractivity contribution >= 4 is 17.5 Å². The molecule has 0 fully saturated rings. The molecule has 0 saturated heterocycles. The van der Waals surface area contributed by atoms with Gasteiger partial charge in [-0.3, -0.25) is 4.79 Å². The number of primary amides is 1. The standard InChI is InChI=1S/C7H8N6O/c1-3-11-7-10-2-4(6(9)14)5(8)13(7)12-3/h2H,8H2,1H3,(H2,9,14). The SMILES string of the molecule is Cc1nc2ncc(C(N)=O)c(N)n2n1. The van der Waals surface area contributed by atoms with Gasteiger partial charge in [-0.05, 0) is 6.92 Å². The summed E-state index contributed by atoms with van der Waals surface area (Å²) in [6.45, 7) is 1.71. The van der Waals surface area contributed by atoms with Gasteiger partial charge in [0.25, 0.3) is 11.7 Å². The number of rotatable bonds is 1. The van der Waals surface area contributed by atoms with E-state index in [-0.39, 0.29) is 11.4 Å². The van der Waals surface area contributed by atoms with Gasteiger partial charge in [-0.15, -0.1) is 5.10 Å². The smallest absolute Gasteiger partial charge is 0.254 e. The first-order valence-corrected chi connectivity index (χ1v) is 3.87. The topological polar surface area (TPSA) is 112 Å². The van der Waals surface area contributed by atoms with Crippen LogP contribution in [0.1, 0.15) is 16.2 Å². The fraction of sp³-hybridized carbons (Fsp3) is 0.143. The Balaban J connectivity index is 2.80. The van der Waals surface area contributed by atoms with Crippen LogP contribution in [-0.2, 0) is 0 Å². The third kappa shape index (κ3) is 1.06. The molecule has 0 aliphatic rings. The zero-order chi connectivity index (χ0) is 10.3. The van der Waals surface area contributed by atoms with E-state index in [0.29, 0.717) is 11.6 Å². The quantitative estimate of drug-likeness (QED) is 0.608. The molecule has 2 aromatic rings. The third-order valence-corrected chi connectivity index (χ3v) is 1.77. The molecule has 2 aromatic heterocycles. The Morgan fingerprint density at radius 2 is 2.29 bits per heavy atom. The van der Waals surface area contributed by atoms with Gasteiger partial charge in [-0.1, -0.05) is 0 Å². The maximum absolute atomic E-state index is 10.9. The number of carbonyl (C=O) groups excluding carboxylic acids is 1. The van der Waals surface area contributed by atoms with Crippen LogP contribution in [0.2, 0.25) is 0 Å². The molecule has 14 heavy (non-hydrogen) atoms. The summed E-state index contributed by atoms with van der Waals surface area (Å²) in [4.78, 5) is 18.8. The van der Waals surface area contributed by atoms with Crippen molar-refractivity contribution in [2.24, 2.45) is 5.73 Å². The van der Waals surface area contributed by atoms with Crippen molar-refractivity contribution in [1.82, 2.24) is 19.6 Å². The number of hydrogen-bond donors (Lipinski definition) is 2. The summed E-state index contributed by atoms with van der Waals surface area (Å²) >= 11 is 0. The molecule has 0 aliphatic heterocycles. The van der Waals surface area contributed by atoms with Crippen LogP contribution < -0.4 is 11.5 Å². The van der Waals surface area contributed by atoms with Gasteiger partial charge in [0.2, 0.25) is 0 Å². The highest BCUT2D eigenvalue weighted by Gasteiger charge is 2.12. The highest BCUT2D eigenvalue weighted by Crippen LogP contribution is 2.10. The van der Waals surface area contributed by atoms with E-state index < -0.39 is 5.91 Å². The number of carbonyl (C=O) groups is 1. The molecule has 2 heterocycles. The lowest BCUT2D eigenvalue weighted by Gasteiger charge is -2.01. The van der Waals surface area contributed by atoms with Crippen molar-refractivity contribution < 1.29 is 4.79 Å². The molecule has 0 spiro atoms. The Morgan fingerprint density at radius 3 is 2.93 bits per heavy atom. The van der Waals surface area contributed by atoms with Gasteiger partial charge < -0.3 is 11.5 Å². The van der Waals surface area contributed by atoms with Crippen LogP contribution in [0, 0.1) is 6.92 Å². The van der Waals surface area contributed by atoms with Gasteiger partial charge >= 0.3 is 0 Å². The summed E-state index contributed by atoms with van der Waals surface area (Å²) in [7, 11) is 0. The minimum absolute atomic E-state index is 0.141. The van der Waals surface area contributed by atoms with Crippen LogP contribution in [0.25, 0.3) is 5.78 Å². The molecular weight excluding hydrogens is 184 g/mol. The average Bonchev–Trinajstić information content (AvgIpc) is 2.46. The number of amides is 1. The van der Waals surface area contributed by atoms with Gasteiger partial charge in [0, 0.05) is 6.20 Å². The molecule has 0 aromatic carbocycles. The fourth-order valence-corrected chi connectivity index (χ4v) is 1.14. The maximum atomic E-state index is 10.9. The summed E-state index contributed by atoms with van der Waals surface area (Å²) in [6, 6.07) is 0. The first-order chi connectivity index (χ1) is 6.59. The second-order valence-electron chi connectivity index (χ2n) is 2.79. The van der Waals surface area contributed by atoms with Crippen LogP contribution in [0.4, 0.5) is 5.82 Å². The number of fused-ring (bicyclic) bond motifs is 1. The van der Waals surface area contributed by atoms with Gasteiger partial charge in [-0.25, -0.2) is 4.98 Å². The third-order valence-electron chi connectivity index (χ3n) is 1.77. The highest BCUT2D eigenvalue weighted by molar-refractivity contribution is 5.97. The second kappa shape index (κ2) is 2.66. The Bertz CT molecular complexity index is 516. The van der Waals surface area contributed by atoms with Crippen LogP contribution in [0.5, 0.6) is 0 Å². The molecule has 0 saturated carbocycles. The first-order valence-electron chi connectivity index (χ1n) is 3.87. The molecule has 0 bridgehead atoms. The number of anilines is 1. The van der Waals surface area contributed by atoms with E-state index in [9.17, 15) is 4.79 Å². The van der Waals surface area contributed by atoms with E-state index >= 15 is 0 Å². The zero-order valence-corrected chi connectivity index (χ0v) is 7.43. The number of nitrogens with two attached hydrogens (primary N) is 2. The van der Waals surface area contributed by atoms with E-state index in [1.165, 1.54) is 10.7 Å². The van der Waals surface area contributed by atoms with E-state index in [2.05, 4.69) is 15.1 Å². The predicted octanol–water partition coefficient (Wildman–Crippen LogP) is -0.886. The van der Waals surface area contributed by atoms with E-state index in [4.69, 9.17) is 11.5 Å². The number of hydrogen-bond acceptors (Lipinski definition) is 5. The van der Waals surface area contributed by atoms with Crippen molar-refractivity contribution in [2.75, 3.05) is 5.73 Å². The van der Waals surface area contributed by atoms with Crippen molar-refractivity contribution in [1.29, 1.82) is 0 Å². The van der Waals surface area contributed by atoms with Crippen LogP contribution in [0.3, 0.4) is 0 Å². The molecule has 1 amide bonds. The average molecular weight is 192 g/mol. The maximum Gasteiger partial charge on any atom is 0.254 e. The molecule has 0 aliphatic carbocycles. The van der Waals surface area contributed by atoms with Crippen LogP contribution in [-0.4, -0.2) is 25.5 Å². The van der Waals surface area contributed by atoms with Gasteiger partial charge in [0.1, 0.15) is 11.6 Å². The Morgan fingerprint density at radius 1 is 1.57 bits per heavy atom. The molecule has 0 atom stereocenters. The molecule has 0 radical (unpaired) electrons. The lowest BCUT2D eigenvalue weighted by atomic mass is 10.3. The van der Waals surface area contributed by atoms with Crippen molar-refractivity contribution in [3.8, 4) is 0 Å². The number of aryl methyl sites for hydroxylation is 1. The van der Waals surface area contributed by atoms with Gasteiger partial charge in [0.15, 0.2) is 0 Å². The number of nitrogen functional groups attached to an aromatic ring is 1. The monoisotopic (exact) mass is 192 g/mol. The Labute approximate surface area is 78.7 Å². The summed E-state index contributed by atoms with van der Waals surface area (Å²) in [5.41, 5.74) is 10.9. The lowest BCUT2D eigenvalue weighted by Crippen LogP contribution is -2.16. The molecule has 2 rings (SSSR count). The van der Waals surface area contributed by atoms with Gasteiger partial charge in [0.05, 0.1) is 5.56 Å². The predicted molar refractivity (Wildman–Crippen MR) is 48.4 cm³/mol. The largest absolute Gasteiger partial charge is 0.383 e. The molecule has 72 valence electrons. The molecule has 7 heteroatoms. The van der Waals surface area contributed by atoms with E-state index in [1.54, 1.807) is 6.92 Å². The zero-order valence-electron chi connectivity index (χ0n) is 7.43. The first kappa shape index (κ1) is 8.42. The summed E-state index contributed by atoms with van der Waals surface area (Å²) in [5, 5.41) is 3.97. The van der Waals surface area contributed by atoms with Crippen molar-refractivity contribution in [2.45, 2.75) is 6.92 Å². The molecule has 7 nitrogen and oxygen atoms in total. The second-order valence-corrected chi connectivity index (χ2v) is 2.79. The number of nitrogens with zero attached hydrogens (tertiary/aromatic N) is 4. The number of aromatic nitrogens is 4. The molecular formula is C7H8N6O. The van der Waals surface area contributed by atoms with Crippen LogP contribution >= 0.6 is 0 Å². The normalized spacial score (nSPS) is 10.6. The molecule has 4 N–H and O–H groups in total. The lowest BCUT2D eigenvalue weighted by molar-refractivity contribution is 0.100. The van der Waals surface area contributed by atoms with Crippen molar-refractivity contribution in [3.63, 3.8) is 0 Å². The van der Waals surface area contributed by atoms with Crippen LogP contribution in [0.15, 0.2) is 6.20 Å². The Kier molecular flexibility index (Phi) is 1.60. The van der Waals surface area contributed by atoms with E-state index in [1.807, 2.05) is 0 Å². The van der Waals surface area contributed by atoms with E-state index in [0.717, 1.165) is 0 Å². The fourth-order valence-electron chi connectivity index (χ4n) is 1.14. The summed E-state index contributed by atoms with van der Waals surface area (Å²) < 4.78 is 1.29. The highest BCUT2D eigenvalue weighted by atomic mass is 16.1. The van der Waals surface area contributed by atoms with Gasteiger partial charge in [-0.2, -0.15) is 9.50 Å². The minimum Gasteiger partial charge on any atom is -0.383 e. The minimum atomic E-state index is -0.634. The Hall–Kier alpha value is -2.18.